The van der Waals surface area contributed by atoms with E-state index in [-0.39, 0.29) is 6.04 Å². The zero-order valence-corrected chi connectivity index (χ0v) is 12.4. The van der Waals surface area contributed by atoms with Crippen molar-refractivity contribution >= 4 is 11.6 Å². The first-order valence-electron chi connectivity index (χ1n) is 7.12. The molecular weight excluding hydrogens is 302 g/mol. The highest BCUT2D eigenvalue weighted by Crippen LogP contribution is 2.38. The van der Waals surface area contributed by atoms with Gasteiger partial charge < -0.3 is 10.3 Å². The first-order valence-corrected chi connectivity index (χ1v) is 7.50. The van der Waals surface area contributed by atoms with Crippen molar-refractivity contribution in [3.8, 4) is 17.3 Å². The third-order valence-corrected chi connectivity index (χ3v) is 3.99. The zero-order chi connectivity index (χ0) is 15.1. The molecule has 22 heavy (non-hydrogen) atoms. The second-order valence-electron chi connectivity index (χ2n) is 5.45. The van der Waals surface area contributed by atoms with E-state index in [4.69, 9.17) is 21.9 Å². The molecule has 6 nitrogen and oxygen atoms in total. The van der Waals surface area contributed by atoms with Crippen LogP contribution in [-0.4, -0.2) is 19.9 Å². The Kier molecular flexibility index (Phi) is 3.20. The Hall–Kier alpha value is -2.18. The van der Waals surface area contributed by atoms with Crippen molar-refractivity contribution in [1.29, 1.82) is 0 Å². The molecular formula is C15H14ClN5O. The van der Waals surface area contributed by atoms with Crippen molar-refractivity contribution in [3.05, 3.63) is 47.4 Å². The summed E-state index contributed by atoms with van der Waals surface area (Å²) in [6.07, 6.45) is 4.09. The number of halogens is 1. The van der Waals surface area contributed by atoms with Crippen LogP contribution in [0.1, 0.15) is 24.7 Å². The van der Waals surface area contributed by atoms with Gasteiger partial charge in [0.25, 0.3) is 5.89 Å². The molecule has 2 N–H and O–H groups in total. The van der Waals surface area contributed by atoms with E-state index >= 15 is 0 Å². The molecule has 1 fully saturated rings. The number of hydrogen-bond donors (Lipinski definition) is 1. The minimum atomic E-state index is -0.146. The smallest absolute Gasteiger partial charge is 0.278 e. The maximum absolute atomic E-state index is 6.08. The van der Waals surface area contributed by atoms with Gasteiger partial charge in [-0.1, -0.05) is 22.8 Å². The van der Waals surface area contributed by atoms with Gasteiger partial charge in [-0.15, -0.1) is 0 Å². The van der Waals surface area contributed by atoms with Crippen LogP contribution in [0.2, 0.25) is 5.02 Å². The van der Waals surface area contributed by atoms with Gasteiger partial charge in [0.2, 0.25) is 0 Å². The third-order valence-electron chi connectivity index (χ3n) is 3.75. The van der Waals surface area contributed by atoms with Crippen LogP contribution in [0.4, 0.5) is 0 Å². The highest BCUT2D eigenvalue weighted by Gasteiger charge is 2.32. The fourth-order valence-electron chi connectivity index (χ4n) is 2.34. The first-order chi connectivity index (χ1) is 10.7. The molecule has 112 valence electrons. The first kappa shape index (κ1) is 13.5. The maximum Gasteiger partial charge on any atom is 0.278 e. The minimum absolute atomic E-state index is 0.146. The maximum atomic E-state index is 6.08. The topological polar surface area (TPSA) is 82.8 Å². The largest absolute Gasteiger partial charge is 0.332 e. The number of nitrogens with two attached hydrogens (primary N) is 1. The number of nitrogens with zero attached hydrogens (tertiary/aromatic N) is 4. The summed E-state index contributed by atoms with van der Waals surface area (Å²) in [4.78, 5) is 4.36. The molecule has 2 heterocycles. The van der Waals surface area contributed by atoms with Crippen LogP contribution in [0, 0.1) is 5.92 Å². The van der Waals surface area contributed by atoms with Gasteiger partial charge in [-0.05, 0) is 43.0 Å². The molecule has 1 saturated carbocycles. The fraction of sp³-hybridized carbons (Fsp3) is 0.267. The third kappa shape index (κ3) is 2.51. The van der Waals surface area contributed by atoms with Crippen molar-refractivity contribution in [2.75, 3.05) is 0 Å². The average molecular weight is 316 g/mol. The Labute approximate surface area is 131 Å². The molecule has 1 atom stereocenters. The van der Waals surface area contributed by atoms with E-state index < -0.39 is 0 Å². The number of aromatic nitrogens is 4. The minimum Gasteiger partial charge on any atom is -0.332 e. The molecule has 0 radical (unpaired) electrons. The average Bonchev–Trinajstić information content (AvgIpc) is 3.06. The molecule has 4 rings (SSSR count). The number of rotatable bonds is 4. The van der Waals surface area contributed by atoms with Gasteiger partial charge in [-0.25, -0.2) is 4.68 Å². The van der Waals surface area contributed by atoms with Crippen LogP contribution in [0.5, 0.6) is 0 Å². The van der Waals surface area contributed by atoms with Gasteiger partial charge >= 0.3 is 0 Å². The second kappa shape index (κ2) is 5.23. The summed E-state index contributed by atoms with van der Waals surface area (Å²) in [5.74, 6) is 1.41. The van der Waals surface area contributed by atoms with Gasteiger partial charge in [0, 0.05) is 11.2 Å². The Balaban J connectivity index is 1.61. The van der Waals surface area contributed by atoms with E-state index in [9.17, 15) is 0 Å². The molecule has 1 unspecified atom stereocenters. The van der Waals surface area contributed by atoms with Crippen LogP contribution in [0.3, 0.4) is 0 Å². The fourth-order valence-corrected chi connectivity index (χ4v) is 2.53. The van der Waals surface area contributed by atoms with Crippen molar-refractivity contribution in [2.45, 2.75) is 18.9 Å². The normalized spacial score (nSPS) is 15.9. The van der Waals surface area contributed by atoms with Gasteiger partial charge in [0.05, 0.1) is 11.7 Å². The summed E-state index contributed by atoms with van der Waals surface area (Å²) >= 11 is 6.00. The molecule has 7 heteroatoms. The molecule has 3 aromatic rings. The molecule has 0 aliphatic heterocycles. The van der Waals surface area contributed by atoms with Crippen LogP contribution < -0.4 is 5.73 Å². The lowest BCUT2D eigenvalue weighted by atomic mass is 10.2. The van der Waals surface area contributed by atoms with E-state index in [1.54, 1.807) is 4.68 Å². The van der Waals surface area contributed by atoms with Crippen LogP contribution in [0.15, 0.2) is 41.1 Å². The summed E-state index contributed by atoms with van der Waals surface area (Å²) in [6.45, 7) is 0. The molecule has 0 bridgehead atoms. The highest BCUT2D eigenvalue weighted by molar-refractivity contribution is 6.30. The second-order valence-corrected chi connectivity index (χ2v) is 5.88. The highest BCUT2D eigenvalue weighted by atomic mass is 35.5. The zero-order valence-electron chi connectivity index (χ0n) is 11.7. The van der Waals surface area contributed by atoms with Crippen LogP contribution >= 0.6 is 11.6 Å². The monoisotopic (exact) mass is 315 g/mol. The summed E-state index contributed by atoms with van der Waals surface area (Å²) in [7, 11) is 0. The molecule has 1 aromatic carbocycles. The Morgan fingerprint density at radius 1 is 1.32 bits per heavy atom. The lowest BCUT2D eigenvalue weighted by Crippen LogP contribution is -2.13. The van der Waals surface area contributed by atoms with Gasteiger partial charge in [-0.2, -0.15) is 10.1 Å². The molecule has 0 saturated heterocycles. The van der Waals surface area contributed by atoms with E-state index in [1.165, 1.54) is 0 Å². The van der Waals surface area contributed by atoms with Crippen molar-refractivity contribution in [1.82, 2.24) is 19.9 Å². The van der Waals surface area contributed by atoms with Gasteiger partial charge in [-0.3, -0.25) is 0 Å². The SMILES string of the molecule is NC(c1noc(-c2ccn(-c3cccc(Cl)c3)n2)n1)C1CC1. The van der Waals surface area contributed by atoms with Crippen molar-refractivity contribution in [3.63, 3.8) is 0 Å². The molecule has 1 aliphatic rings. The lowest BCUT2D eigenvalue weighted by molar-refractivity contribution is 0.410. The molecule has 1 aliphatic carbocycles. The van der Waals surface area contributed by atoms with Gasteiger partial charge in [0.1, 0.15) is 0 Å². The molecule has 2 aromatic heterocycles. The number of benzene rings is 1. The Morgan fingerprint density at radius 3 is 2.95 bits per heavy atom. The summed E-state index contributed by atoms with van der Waals surface area (Å²) in [5, 5.41) is 9.07. The van der Waals surface area contributed by atoms with Crippen LogP contribution in [-0.2, 0) is 0 Å². The summed E-state index contributed by atoms with van der Waals surface area (Å²) in [6, 6.07) is 9.12. The van der Waals surface area contributed by atoms with E-state index in [1.807, 2.05) is 36.5 Å². The Bertz CT molecular complexity index is 808. The van der Waals surface area contributed by atoms with E-state index in [0.29, 0.717) is 28.3 Å². The number of hydrogen-bond acceptors (Lipinski definition) is 5. The van der Waals surface area contributed by atoms with Crippen LogP contribution in [0.25, 0.3) is 17.3 Å². The lowest BCUT2D eigenvalue weighted by Gasteiger charge is -2.01. The summed E-state index contributed by atoms with van der Waals surface area (Å²) < 4.78 is 6.99. The molecule has 0 amide bonds. The molecule has 0 spiro atoms. The van der Waals surface area contributed by atoms with Crippen molar-refractivity contribution < 1.29 is 4.52 Å². The quantitative estimate of drug-likeness (QED) is 0.800. The predicted octanol–water partition coefficient (Wildman–Crippen LogP) is 2.99. The Morgan fingerprint density at radius 2 is 2.18 bits per heavy atom. The predicted molar refractivity (Wildman–Crippen MR) is 81.5 cm³/mol. The van der Waals surface area contributed by atoms with Crippen molar-refractivity contribution in [2.24, 2.45) is 11.7 Å². The standard InChI is InChI=1S/C15H14ClN5O/c16-10-2-1-3-11(8-10)21-7-6-12(19-21)15-18-14(20-22-15)13(17)9-4-5-9/h1-3,6-9,13H,4-5,17H2. The van der Waals surface area contributed by atoms with Gasteiger partial charge in [0.15, 0.2) is 11.5 Å². The summed E-state index contributed by atoms with van der Waals surface area (Å²) in [5.41, 5.74) is 7.56. The van der Waals surface area contributed by atoms with E-state index in [0.717, 1.165) is 18.5 Å². The van der Waals surface area contributed by atoms with E-state index in [2.05, 4.69) is 15.2 Å².